The standard InChI is InChI=1S/C17H15N5O/c1-21(2)13-7-5-6-12(10-13)16-19-20-17(23-16)14-11-22-9-4-3-8-15(22)18-14/h3-11H,1-2H3. The summed E-state index contributed by atoms with van der Waals surface area (Å²) in [4.78, 5) is 6.52. The van der Waals surface area contributed by atoms with Crippen molar-refractivity contribution in [3.05, 3.63) is 54.9 Å². The van der Waals surface area contributed by atoms with E-state index < -0.39 is 0 Å². The minimum Gasteiger partial charge on any atom is -0.415 e. The van der Waals surface area contributed by atoms with Gasteiger partial charge in [-0.15, -0.1) is 10.2 Å². The van der Waals surface area contributed by atoms with Gasteiger partial charge in [0.15, 0.2) is 0 Å². The lowest BCUT2D eigenvalue weighted by Gasteiger charge is -2.12. The third kappa shape index (κ3) is 2.44. The number of hydrogen-bond donors (Lipinski definition) is 0. The van der Waals surface area contributed by atoms with Gasteiger partial charge >= 0.3 is 0 Å². The van der Waals surface area contributed by atoms with Crippen molar-refractivity contribution in [3.63, 3.8) is 0 Å². The maximum Gasteiger partial charge on any atom is 0.268 e. The average Bonchev–Trinajstić information content (AvgIpc) is 3.21. The monoisotopic (exact) mass is 305 g/mol. The SMILES string of the molecule is CN(C)c1cccc(-c2nnc(-c3cn4ccccc4n3)o2)c1. The first-order chi connectivity index (χ1) is 11.2. The molecule has 0 saturated heterocycles. The molecule has 0 saturated carbocycles. The number of hydrogen-bond acceptors (Lipinski definition) is 5. The van der Waals surface area contributed by atoms with E-state index in [2.05, 4.69) is 15.2 Å². The van der Waals surface area contributed by atoms with Crippen LogP contribution in [0.15, 0.2) is 59.3 Å². The highest BCUT2D eigenvalue weighted by molar-refractivity contribution is 5.63. The highest BCUT2D eigenvalue weighted by atomic mass is 16.4. The number of aromatic nitrogens is 4. The molecule has 6 nitrogen and oxygen atoms in total. The molecule has 4 aromatic rings. The molecule has 6 heteroatoms. The minimum atomic E-state index is 0.416. The lowest BCUT2D eigenvalue weighted by Crippen LogP contribution is -2.08. The largest absolute Gasteiger partial charge is 0.415 e. The average molecular weight is 305 g/mol. The number of imidazole rings is 1. The summed E-state index contributed by atoms with van der Waals surface area (Å²) in [6, 6.07) is 13.8. The van der Waals surface area contributed by atoms with Crippen molar-refractivity contribution >= 4 is 11.3 Å². The topological polar surface area (TPSA) is 59.5 Å². The first-order valence-electron chi connectivity index (χ1n) is 7.26. The van der Waals surface area contributed by atoms with Gasteiger partial charge in [0.25, 0.3) is 5.89 Å². The first kappa shape index (κ1) is 13.5. The fourth-order valence-corrected chi connectivity index (χ4v) is 2.40. The zero-order chi connectivity index (χ0) is 15.8. The maximum atomic E-state index is 5.80. The van der Waals surface area contributed by atoms with Gasteiger partial charge < -0.3 is 13.7 Å². The number of benzene rings is 1. The quantitative estimate of drug-likeness (QED) is 0.582. The van der Waals surface area contributed by atoms with Crippen molar-refractivity contribution in [1.29, 1.82) is 0 Å². The van der Waals surface area contributed by atoms with Crippen LogP contribution in [-0.4, -0.2) is 33.7 Å². The van der Waals surface area contributed by atoms with Gasteiger partial charge in [0.2, 0.25) is 5.89 Å². The second kappa shape index (κ2) is 5.24. The Bertz CT molecular complexity index is 937. The van der Waals surface area contributed by atoms with E-state index in [0.29, 0.717) is 17.5 Å². The predicted molar refractivity (Wildman–Crippen MR) is 88.2 cm³/mol. The van der Waals surface area contributed by atoms with Crippen LogP contribution in [0.4, 0.5) is 5.69 Å². The molecule has 0 aliphatic rings. The normalized spacial score (nSPS) is 11.0. The molecule has 0 spiro atoms. The van der Waals surface area contributed by atoms with Crippen LogP contribution in [0, 0.1) is 0 Å². The lowest BCUT2D eigenvalue weighted by atomic mass is 10.2. The number of rotatable bonds is 3. The molecular formula is C17H15N5O. The van der Waals surface area contributed by atoms with E-state index >= 15 is 0 Å². The van der Waals surface area contributed by atoms with Gasteiger partial charge in [-0.2, -0.15) is 0 Å². The Kier molecular flexibility index (Phi) is 3.08. The number of pyridine rings is 1. The van der Waals surface area contributed by atoms with E-state index in [4.69, 9.17) is 4.42 Å². The maximum absolute atomic E-state index is 5.80. The van der Waals surface area contributed by atoms with Gasteiger partial charge in [-0.3, -0.25) is 0 Å². The third-order valence-electron chi connectivity index (χ3n) is 3.62. The van der Waals surface area contributed by atoms with E-state index in [1.807, 2.05) is 78.3 Å². The fourth-order valence-electron chi connectivity index (χ4n) is 2.40. The highest BCUT2D eigenvalue weighted by Gasteiger charge is 2.14. The van der Waals surface area contributed by atoms with Crippen LogP contribution in [-0.2, 0) is 0 Å². The Balaban J connectivity index is 1.72. The molecule has 0 bridgehead atoms. The smallest absolute Gasteiger partial charge is 0.268 e. The molecule has 23 heavy (non-hydrogen) atoms. The molecule has 0 amide bonds. The Labute approximate surface area is 133 Å². The van der Waals surface area contributed by atoms with Gasteiger partial charge in [0, 0.05) is 37.7 Å². The third-order valence-corrected chi connectivity index (χ3v) is 3.62. The molecule has 3 aromatic heterocycles. The summed E-state index contributed by atoms with van der Waals surface area (Å²) in [5.41, 5.74) is 3.48. The summed E-state index contributed by atoms with van der Waals surface area (Å²) in [6.07, 6.45) is 3.81. The van der Waals surface area contributed by atoms with E-state index in [-0.39, 0.29) is 0 Å². The van der Waals surface area contributed by atoms with Gasteiger partial charge in [-0.05, 0) is 30.3 Å². The minimum absolute atomic E-state index is 0.416. The Hall–Kier alpha value is -3.15. The summed E-state index contributed by atoms with van der Waals surface area (Å²) >= 11 is 0. The summed E-state index contributed by atoms with van der Waals surface area (Å²) in [7, 11) is 3.99. The molecule has 0 aliphatic heterocycles. The van der Waals surface area contributed by atoms with Crippen LogP contribution in [0.2, 0.25) is 0 Å². The van der Waals surface area contributed by atoms with Gasteiger partial charge in [-0.1, -0.05) is 12.1 Å². The summed E-state index contributed by atoms with van der Waals surface area (Å²) in [5.74, 6) is 0.903. The van der Waals surface area contributed by atoms with Crippen molar-refractivity contribution < 1.29 is 4.42 Å². The van der Waals surface area contributed by atoms with E-state index in [1.54, 1.807) is 0 Å². The van der Waals surface area contributed by atoms with Gasteiger partial charge in [0.1, 0.15) is 11.3 Å². The van der Waals surface area contributed by atoms with E-state index in [9.17, 15) is 0 Å². The highest BCUT2D eigenvalue weighted by Crippen LogP contribution is 2.26. The number of fused-ring (bicyclic) bond motifs is 1. The summed E-state index contributed by atoms with van der Waals surface area (Å²) < 4.78 is 7.73. The summed E-state index contributed by atoms with van der Waals surface area (Å²) in [5, 5.41) is 8.28. The first-order valence-corrected chi connectivity index (χ1v) is 7.26. The molecule has 3 heterocycles. The fraction of sp³-hybridized carbons (Fsp3) is 0.118. The molecule has 0 unspecified atom stereocenters. The van der Waals surface area contributed by atoms with Crippen molar-refractivity contribution in [3.8, 4) is 23.0 Å². The molecule has 4 rings (SSSR count). The van der Waals surface area contributed by atoms with Crippen LogP contribution in [0.1, 0.15) is 0 Å². The van der Waals surface area contributed by atoms with Gasteiger partial charge in [-0.25, -0.2) is 4.98 Å². The Morgan fingerprint density at radius 3 is 2.70 bits per heavy atom. The number of anilines is 1. The molecule has 0 N–H and O–H groups in total. The van der Waals surface area contributed by atoms with Crippen LogP contribution in [0.5, 0.6) is 0 Å². The second-order valence-corrected chi connectivity index (χ2v) is 5.45. The van der Waals surface area contributed by atoms with Crippen molar-refractivity contribution in [1.82, 2.24) is 19.6 Å². The second-order valence-electron chi connectivity index (χ2n) is 5.45. The number of nitrogens with zero attached hydrogens (tertiary/aromatic N) is 5. The Morgan fingerprint density at radius 1 is 1.00 bits per heavy atom. The molecule has 0 aliphatic carbocycles. The van der Waals surface area contributed by atoms with Crippen molar-refractivity contribution in [2.45, 2.75) is 0 Å². The van der Waals surface area contributed by atoms with Crippen LogP contribution < -0.4 is 4.90 Å². The lowest BCUT2D eigenvalue weighted by molar-refractivity contribution is 0.582. The molecule has 0 radical (unpaired) electrons. The van der Waals surface area contributed by atoms with E-state index in [0.717, 1.165) is 16.9 Å². The van der Waals surface area contributed by atoms with Gasteiger partial charge in [0.05, 0.1) is 0 Å². The van der Waals surface area contributed by atoms with E-state index in [1.165, 1.54) is 0 Å². The zero-order valence-electron chi connectivity index (χ0n) is 12.8. The van der Waals surface area contributed by atoms with Crippen molar-refractivity contribution in [2.24, 2.45) is 0 Å². The zero-order valence-corrected chi connectivity index (χ0v) is 12.8. The molecule has 114 valence electrons. The van der Waals surface area contributed by atoms with Crippen LogP contribution >= 0.6 is 0 Å². The van der Waals surface area contributed by atoms with Crippen LogP contribution in [0.3, 0.4) is 0 Å². The molecule has 0 atom stereocenters. The van der Waals surface area contributed by atoms with Crippen LogP contribution in [0.25, 0.3) is 28.7 Å². The molecular weight excluding hydrogens is 290 g/mol. The van der Waals surface area contributed by atoms with Crippen molar-refractivity contribution in [2.75, 3.05) is 19.0 Å². The Morgan fingerprint density at radius 2 is 1.87 bits per heavy atom. The summed E-state index contributed by atoms with van der Waals surface area (Å²) in [6.45, 7) is 0. The predicted octanol–water partition coefficient (Wildman–Crippen LogP) is 3.12. The molecule has 0 fully saturated rings. The molecule has 1 aromatic carbocycles.